The predicted octanol–water partition coefficient (Wildman–Crippen LogP) is 1.16. The lowest BCUT2D eigenvalue weighted by Gasteiger charge is -2.20. The van der Waals surface area contributed by atoms with Crippen LogP contribution in [0.1, 0.15) is 11.7 Å². The summed E-state index contributed by atoms with van der Waals surface area (Å²) < 4.78 is 0. The molecule has 0 saturated carbocycles. The molecule has 0 bridgehead atoms. The molecule has 4 nitrogen and oxygen atoms in total. The highest BCUT2D eigenvalue weighted by atomic mass is 16.3. The number of phenols is 1. The SMILES string of the molecule is CNCC(O)C(O)c1c(O)ccc2ccccc12. The average molecular weight is 247 g/mol. The number of benzene rings is 2. The van der Waals surface area contributed by atoms with E-state index >= 15 is 0 Å². The molecule has 0 aliphatic carbocycles. The number of aliphatic hydroxyl groups is 2. The summed E-state index contributed by atoms with van der Waals surface area (Å²) in [6, 6.07) is 10.8. The Morgan fingerprint density at radius 2 is 1.83 bits per heavy atom. The summed E-state index contributed by atoms with van der Waals surface area (Å²) in [7, 11) is 1.69. The van der Waals surface area contributed by atoms with Gasteiger partial charge in [-0.05, 0) is 23.9 Å². The second-order valence-electron chi connectivity index (χ2n) is 4.29. The van der Waals surface area contributed by atoms with Gasteiger partial charge in [-0.25, -0.2) is 0 Å². The minimum atomic E-state index is -1.12. The van der Waals surface area contributed by atoms with E-state index in [0.717, 1.165) is 10.8 Å². The molecule has 0 saturated heterocycles. The molecular weight excluding hydrogens is 230 g/mol. The van der Waals surface area contributed by atoms with E-state index in [1.807, 2.05) is 24.3 Å². The van der Waals surface area contributed by atoms with Crippen LogP contribution in [0, 0.1) is 0 Å². The number of rotatable bonds is 4. The van der Waals surface area contributed by atoms with Gasteiger partial charge in [-0.3, -0.25) is 0 Å². The van der Waals surface area contributed by atoms with Crippen LogP contribution in [0.3, 0.4) is 0 Å². The van der Waals surface area contributed by atoms with Gasteiger partial charge in [-0.2, -0.15) is 0 Å². The van der Waals surface area contributed by atoms with E-state index < -0.39 is 12.2 Å². The summed E-state index contributed by atoms with van der Waals surface area (Å²) in [5, 5.41) is 34.3. The second kappa shape index (κ2) is 5.35. The molecule has 0 aromatic heterocycles. The number of fused-ring (bicyclic) bond motifs is 1. The standard InChI is InChI=1S/C14H17NO3/c1-15-8-12(17)14(18)13-10-5-3-2-4-9(10)6-7-11(13)16/h2-7,12,14-18H,8H2,1H3. The van der Waals surface area contributed by atoms with Crippen molar-refractivity contribution < 1.29 is 15.3 Å². The molecule has 2 rings (SSSR count). The minimum absolute atomic E-state index is 0.00338. The molecule has 2 atom stereocenters. The molecular formula is C14H17NO3. The monoisotopic (exact) mass is 247 g/mol. The van der Waals surface area contributed by atoms with Crippen LogP contribution in [0.25, 0.3) is 10.8 Å². The number of likely N-dealkylation sites (N-methyl/N-ethyl adjacent to an activating group) is 1. The molecule has 96 valence electrons. The van der Waals surface area contributed by atoms with Gasteiger partial charge in [0.2, 0.25) is 0 Å². The maximum Gasteiger partial charge on any atom is 0.122 e. The van der Waals surface area contributed by atoms with E-state index in [1.54, 1.807) is 13.1 Å². The maximum atomic E-state index is 10.1. The topological polar surface area (TPSA) is 72.7 Å². The molecule has 0 aliphatic rings. The molecule has 0 spiro atoms. The maximum absolute atomic E-state index is 10.1. The quantitative estimate of drug-likeness (QED) is 0.654. The third-order valence-corrected chi connectivity index (χ3v) is 3.02. The number of hydrogen-bond acceptors (Lipinski definition) is 4. The summed E-state index contributed by atoms with van der Waals surface area (Å²) in [5.74, 6) is -0.00338. The van der Waals surface area contributed by atoms with Gasteiger partial charge in [-0.1, -0.05) is 30.3 Å². The second-order valence-corrected chi connectivity index (χ2v) is 4.29. The van der Waals surface area contributed by atoms with Gasteiger partial charge in [0.05, 0.1) is 6.10 Å². The van der Waals surface area contributed by atoms with E-state index in [9.17, 15) is 15.3 Å². The van der Waals surface area contributed by atoms with Gasteiger partial charge in [0.25, 0.3) is 0 Å². The first-order chi connectivity index (χ1) is 8.65. The summed E-state index contributed by atoms with van der Waals surface area (Å²) in [4.78, 5) is 0. The van der Waals surface area contributed by atoms with Crippen molar-refractivity contribution in [2.75, 3.05) is 13.6 Å². The highest BCUT2D eigenvalue weighted by Crippen LogP contribution is 2.33. The van der Waals surface area contributed by atoms with Gasteiger partial charge in [-0.15, -0.1) is 0 Å². The number of phenolic OH excluding ortho intramolecular Hbond substituents is 1. The van der Waals surface area contributed by atoms with E-state index in [1.165, 1.54) is 6.07 Å². The highest BCUT2D eigenvalue weighted by molar-refractivity contribution is 5.88. The summed E-state index contributed by atoms with van der Waals surface area (Å²) in [5.41, 5.74) is 0.371. The van der Waals surface area contributed by atoms with E-state index in [0.29, 0.717) is 5.56 Å². The Labute approximate surface area is 106 Å². The van der Waals surface area contributed by atoms with Gasteiger partial charge in [0.15, 0.2) is 0 Å². The van der Waals surface area contributed by atoms with Crippen LogP contribution in [0.4, 0.5) is 0 Å². The van der Waals surface area contributed by atoms with Crippen molar-refractivity contribution in [2.45, 2.75) is 12.2 Å². The van der Waals surface area contributed by atoms with E-state index in [2.05, 4.69) is 5.32 Å². The Morgan fingerprint density at radius 3 is 2.56 bits per heavy atom. The Kier molecular flexibility index (Phi) is 3.81. The normalized spacial score (nSPS) is 14.6. The molecule has 2 aromatic carbocycles. The lowest BCUT2D eigenvalue weighted by atomic mass is 9.96. The fourth-order valence-corrected chi connectivity index (χ4v) is 2.11. The van der Waals surface area contributed by atoms with Crippen LogP contribution in [-0.4, -0.2) is 35.0 Å². The number of aromatic hydroxyl groups is 1. The first kappa shape index (κ1) is 12.8. The zero-order valence-electron chi connectivity index (χ0n) is 10.2. The minimum Gasteiger partial charge on any atom is -0.508 e. The molecule has 0 aliphatic heterocycles. The number of nitrogens with one attached hydrogen (secondary N) is 1. The Bertz CT molecular complexity index is 542. The van der Waals surface area contributed by atoms with Crippen LogP contribution >= 0.6 is 0 Å². The van der Waals surface area contributed by atoms with Crippen molar-refractivity contribution >= 4 is 10.8 Å². The molecule has 2 aromatic rings. The Hall–Kier alpha value is -1.62. The van der Waals surface area contributed by atoms with E-state index in [-0.39, 0.29) is 12.3 Å². The van der Waals surface area contributed by atoms with Crippen molar-refractivity contribution in [2.24, 2.45) is 0 Å². The highest BCUT2D eigenvalue weighted by Gasteiger charge is 2.22. The zero-order valence-corrected chi connectivity index (χ0v) is 10.2. The summed E-state index contributed by atoms with van der Waals surface area (Å²) >= 11 is 0. The van der Waals surface area contributed by atoms with Crippen molar-refractivity contribution in [3.05, 3.63) is 42.0 Å². The molecule has 2 unspecified atom stereocenters. The molecule has 0 amide bonds. The average Bonchev–Trinajstić information content (AvgIpc) is 2.38. The van der Waals surface area contributed by atoms with Crippen LogP contribution < -0.4 is 5.32 Å². The Morgan fingerprint density at radius 1 is 1.11 bits per heavy atom. The summed E-state index contributed by atoms with van der Waals surface area (Å²) in [6.07, 6.45) is -2.09. The smallest absolute Gasteiger partial charge is 0.122 e. The molecule has 4 heteroatoms. The molecule has 0 fully saturated rings. The largest absolute Gasteiger partial charge is 0.508 e. The Balaban J connectivity index is 2.51. The van der Waals surface area contributed by atoms with Gasteiger partial charge in [0.1, 0.15) is 11.9 Å². The van der Waals surface area contributed by atoms with Gasteiger partial charge < -0.3 is 20.6 Å². The molecule has 0 radical (unpaired) electrons. The summed E-state index contributed by atoms with van der Waals surface area (Å²) in [6.45, 7) is 0.254. The lowest BCUT2D eigenvalue weighted by Crippen LogP contribution is -2.29. The van der Waals surface area contributed by atoms with Crippen LogP contribution in [0.5, 0.6) is 5.75 Å². The van der Waals surface area contributed by atoms with Crippen LogP contribution in [-0.2, 0) is 0 Å². The predicted molar refractivity (Wildman–Crippen MR) is 70.5 cm³/mol. The number of hydrogen-bond donors (Lipinski definition) is 4. The van der Waals surface area contributed by atoms with E-state index in [4.69, 9.17) is 0 Å². The number of aliphatic hydroxyl groups excluding tert-OH is 2. The van der Waals surface area contributed by atoms with Crippen molar-refractivity contribution in [3.8, 4) is 5.75 Å². The van der Waals surface area contributed by atoms with Crippen molar-refractivity contribution in [1.82, 2.24) is 5.32 Å². The van der Waals surface area contributed by atoms with Crippen LogP contribution in [0.15, 0.2) is 36.4 Å². The fourth-order valence-electron chi connectivity index (χ4n) is 2.11. The third-order valence-electron chi connectivity index (χ3n) is 3.02. The first-order valence-electron chi connectivity index (χ1n) is 5.86. The molecule has 0 heterocycles. The fraction of sp³-hybridized carbons (Fsp3) is 0.286. The first-order valence-corrected chi connectivity index (χ1v) is 5.86. The molecule has 4 N–H and O–H groups in total. The molecule has 18 heavy (non-hydrogen) atoms. The van der Waals surface area contributed by atoms with Crippen LogP contribution in [0.2, 0.25) is 0 Å². The van der Waals surface area contributed by atoms with Gasteiger partial charge >= 0.3 is 0 Å². The van der Waals surface area contributed by atoms with Crippen molar-refractivity contribution in [3.63, 3.8) is 0 Å². The van der Waals surface area contributed by atoms with Gasteiger partial charge in [0, 0.05) is 12.1 Å². The van der Waals surface area contributed by atoms with Crippen molar-refractivity contribution in [1.29, 1.82) is 0 Å². The third kappa shape index (κ3) is 2.31. The zero-order chi connectivity index (χ0) is 13.1. The lowest BCUT2D eigenvalue weighted by molar-refractivity contribution is 0.0198.